The summed E-state index contributed by atoms with van der Waals surface area (Å²) >= 11 is 0. The molecule has 3 N–H and O–H groups in total. The van der Waals surface area contributed by atoms with Crippen LogP contribution in [0.5, 0.6) is 0 Å². The molecule has 4 nitrogen and oxygen atoms in total. The summed E-state index contributed by atoms with van der Waals surface area (Å²) < 4.78 is 38.1. The van der Waals surface area contributed by atoms with Crippen LogP contribution in [-0.4, -0.2) is 41.8 Å². The van der Waals surface area contributed by atoms with E-state index in [-0.39, 0.29) is 6.54 Å². The normalized spacial score (nSPS) is 25.9. The number of amidine groups is 1. The van der Waals surface area contributed by atoms with Gasteiger partial charge in [-0.3, -0.25) is 0 Å². The van der Waals surface area contributed by atoms with Gasteiger partial charge < -0.3 is 15.8 Å². The molecule has 0 amide bonds. The highest BCUT2D eigenvalue weighted by Gasteiger charge is 2.44. The Morgan fingerprint density at radius 3 is 2.71 bits per heavy atom. The predicted octanol–water partition coefficient (Wildman–Crippen LogP) is 1.64. The molecule has 1 rings (SSSR count). The topological polar surface area (TPSA) is 61.8 Å². The standard InChI is InChI=1S/C10H18F3N3O/c1-7-3-2-4-16(5-7)6-8(9(14)15-17)10(11,12)13/h7-8,17H,2-6H2,1H3,(H2,14,15). The summed E-state index contributed by atoms with van der Waals surface area (Å²) in [5, 5.41) is 10.9. The number of halogens is 3. The van der Waals surface area contributed by atoms with Crippen LogP contribution in [0, 0.1) is 11.8 Å². The Balaban J connectivity index is 2.66. The Labute approximate surface area is 98.3 Å². The molecule has 0 saturated carbocycles. The molecule has 0 aromatic rings. The van der Waals surface area contributed by atoms with Crippen molar-refractivity contribution in [2.24, 2.45) is 22.7 Å². The quantitative estimate of drug-likeness (QED) is 0.348. The fraction of sp³-hybridized carbons (Fsp3) is 0.900. The lowest BCUT2D eigenvalue weighted by Crippen LogP contribution is -2.46. The molecule has 2 atom stereocenters. The van der Waals surface area contributed by atoms with Crippen LogP contribution in [0.2, 0.25) is 0 Å². The predicted molar refractivity (Wildman–Crippen MR) is 57.8 cm³/mol. The summed E-state index contributed by atoms with van der Waals surface area (Å²) in [6, 6.07) is 0. The molecule has 1 aliphatic heterocycles. The Morgan fingerprint density at radius 2 is 2.24 bits per heavy atom. The third-order valence-electron chi connectivity index (χ3n) is 3.05. The third-order valence-corrected chi connectivity index (χ3v) is 3.05. The van der Waals surface area contributed by atoms with E-state index in [0.717, 1.165) is 12.8 Å². The van der Waals surface area contributed by atoms with Crippen LogP contribution in [0.3, 0.4) is 0 Å². The van der Waals surface area contributed by atoms with Crippen LogP contribution in [0.4, 0.5) is 13.2 Å². The maximum absolute atomic E-state index is 12.7. The lowest BCUT2D eigenvalue weighted by atomic mass is 9.98. The molecule has 17 heavy (non-hydrogen) atoms. The van der Waals surface area contributed by atoms with Crippen molar-refractivity contribution in [3.05, 3.63) is 0 Å². The van der Waals surface area contributed by atoms with Crippen molar-refractivity contribution >= 4 is 5.84 Å². The summed E-state index contributed by atoms with van der Waals surface area (Å²) in [5.74, 6) is -2.27. The molecule has 1 aliphatic rings. The van der Waals surface area contributed by atoms with Gasteiger partial charge in [0.2, 0.25) is 0 Å². The van der Waals surface area contributed by atoms with E-state index < -0.39 is 17.9 Å². The number of nitrogens with two attached hydrogens (primary N) is 1. The van der Waals surface area contributed by atoms with Crippen LogP contribution in [0.15, 0.2) is 5.16 Å². The Bertz CT molecular complexity index is 280. The average Bonchev–Trinajstić information content (AvgIpc) is 2.23. The van der Waals surface area contributed by atoms with Gasteiger partial charge in [0.05, 0.1) is 0 Å². The first-order valence-electron chi connectivity index (χ1n) is 5.61. The van der Waals surface area contributed by atoms with E-state index in [1.807, 2.05) is 6.92 Å². The second-order valence-electron chi connectivity index (χ2n) is 4.63. The van der Waals surface area contributed by atoms with Gasteiger partial charge >= 0.3 is 6.18 Å². The molecule has 0 aromatic heterocycles. The summed E-state index contributed by atoms with van der Waals surface area (Å²) in [6.45, 7) is 3.04. The number of hydrogen-bond donors (Lipinski definition) is 2. The van der Waals surface area contributed by atoms with Gasteiger partial charge in [-0.2, -0.15) is 13.2 Å². The molecule has 1 saturated heterocycles. The van der Waals surface area contributed by atoms with Crippen molar-refractivity contribution in [1.29, 1.82) is 0 Å². The van der Waals surface area contributed by atoms with E-state index in [2.05, 4.69) is 5.16 Å². The number of piperidine rings is 1. The maximum atomic E-state index is 12.7. The molecule has 2 unspecified atom stereocenters. The van der Waals surface area contributed by atoms with Gasteiger partial charge in [0.1, 0.15) is 5.92 Å². The van der Waals surface area contributed by atoms with Gasteiger partial charge in [0.15, 0.2) is 5.84 Å². The zero-order chi connectivity index (χ0) is 13.1. The number of rotatable bonds is 3. The minimum atomic E-state index is -4.48. The largest absolute Gasteiger partial charge is 0.409 e. The molecular weight excluding hydrogens is 235 g/mol. The second-order valence-corrected chi connectivity index (χ2v) is 4.63. The first-order valence-corrected chi connectivity index (χ1v) is 5.61. The molecule has 7 heteroatoms. The highest BCUT2D eigenvalue weighted by atomic mass is 19.4. The molecule has 100 valence electrons. The lowest BCUT2D eigenvalue weighted by molar-refractivity contribution is -0.161. The van der Waals surface area contributed by atoms with Gasteiger partial charge in [-0.1, -0.05) is 12.1 Å². The zero-order valence-electron chi connectivity index (χ0n) is 9.74. The Kier molecular flexibility index (Phi) is 4.62. The van der Waals surface area contributed by atoms with Gasteiger partial charge in [-0.15, -0.1) is 0 Å². The first kappa shape index (κ1) is 14.1. The fourth-order valence-electron chi connectivity index (χ4n) is 2.15. The molecular formula is C10H18F3N3O. The van der Waals surface area contributed by atoms with Crippen molar-refractivity contribution in [1.82, 2.24) is 4.90 Å². The summed E-state index contributed by atoms with van der Waals surface area (Å²) in [7, 11) is 0. The summed E-state index contributed by atoms with van der Waals surface area (Å²) in [4.78, 5) is 1.73. The lowest BCUT2D eigenvalue weighted by Gasteiger charge is -2.33. The van der Waals surface area contributed by atoms with Crippen molar-refractivity contribution < 1.29 is 18.4 Å². The van der Waals surface area contributed by atoms with Gasteiger partial charge in [0.25, 0.3) is 0 Å². The average molecular weight is 253 g/mol. The van der Waals surface area contributed by atoms with Crippen LogP contribution in [0.1, 0.15) is 19.8 Å². The monoisotopic (exact) mass is 253 g/mol. The van der Waals surface area contributed by atoms with E-state index in [9.17, 15) is 13.2 Å². The molecule has 1 fully saturated rings. The number of oxime groups is 1. The first-order chi connectivity index (χ1) is 7.84. The van der Waals surface area contributed by atoms with E-state index in [0.29, 0.717) is 19.0 Å². The smallest absolute Gasteiger partial charge is 0.400 e. The molecule has 0 aliphatic carbocycles. The van der Waals surface area contributed by atoms with Gasteiger partial charge in [-0.05, 0) is 25.3 Å². The fourth-order valence-corrected chi connectivity index (χ4v) is 2.15. The van der Waals surface area contributed by atoms with Crippen LogP contribution >= 0.6 is 0 Å². The minimum absolute atomic E-state index is 0.232. The highest BCUT2D eigenvalue weighted by Crippen LogP contribution is 2.28. The van der Waals surface area contributed by atoms with Gasteiger partial charge in [0, 0.05) is 13.1 Å². The third kappa shape index (κ3) is 4.07. The van der Waals surface area contributed by atoms with Crippen molar-refractivity contribution in [3.63, 3.8) is 0 Å². The molecule has 0 radical (unpaired) electrons. The highest BCUT2D eigenvalue weighted by molar-refractivity contribution is 5.83. The number of nitrogens with zero attached hydrogens (tertiary/aromatic N) is 2. The van der Waals surface area contributed by atoms with Gasteiger partial charge in [-0.25, -0.2) is 0 Å². The van der Waals surface area contributed by atoms with Crippen LogP contribution in [0.25, 0.3) is 0 Å². The van der Waals surface area contributed by atoms with E-state index in [1.54, 1.807) is 4.90 Å². The molecule has 0 spiro atoms. The molecule has 0 bridgehead atoms. The van der Waals surface area contributed by atoms with Crippen molar-refractivity contribution in [3.8, 4) is 0 Å². The molecule has 1 heterocycles. The van der Waals surface area contributed by atoms with Crippen molar-refractivity contribution in [2.45, 2.75) is 25.9 Å². The second kappa shape index (κ2) is 5.57. The van der Waals surface area contributed by atoms with Crippen LogP contribution in [-0.2, 0) is 0 Å². The number of likely N-dealkylation sites (tertiary alicyclic amines) is 1. The number of alkyl halides is 3. The molecule has 0 aromatic carbocycles. The van der Waals surface area contributed by atoms with Crippen molar-refractivity contribution in [2.75, 3.05) is 19.6 Å². The summed E-state index contributed by atoms with van der Waals surface area (Å²) in [6.07, 6.45) is -2.55. The van der Waals surface area contributed by atoms with E-state index in [1.165, 1.54) is 0 Å². The zero-order valence-corrected chi connectivity index (χ0v) is 9.74. The summed E-state index contributed by atoms with van der Waals surface area (Å²) in [5.41, 5.74) is 5.11. The Hall–Kier alpha value is -0.980. The van der Waals surface area contributed by atoms with Crippen LogP contribution < -0.4 is 5.73 Å². The van der Waals surface area contributed by atoms with E-state index in [4.69, 9.17) is 10.9 Å². The SMILES string of the molecule is CC1CCCN(CC(C(N)=NO)C(F)(F)F)C1. The Morgan fingerprint density at radius 1 is 1.59 bits per heavy atom. The minimum Gasteiger partial charge on any atom is -0.409 e. The maximum Gasteiger partial charge on any atom is 0.400 e. The number of hydrogen-bond acceptors (Lipinski definition) is 3. The van der Waals surface area contributed by atoms with E-state index >= 15 is 0 Å².